The second-order valence-electron chi connectivity index (χ2n) is 5.84. The number of nitrogens with two attached hydrogens (primary N) is 1. The fourth-order valence-corrected chi connectivity index (χ4v) is 2.19. The molecule has 20 heavy (non-hydrogen) atoms. The van der Waals surface area contributed by atoms with Crippen LogP contribution in [0.5, 0.6) is 0 Å². The third kappa shape index (κ3) is 4.85. The summed E-state index contributed by atoms with van der Waals surface area (Å²) in [5.74, 6) is -0.302. The number of carbonyl (C=O) groups excluding carboxylic acids is 1. The maximum absolute atomic E-state index is 11.2. The highest BCUT2D eigenvalue weighted by atomic mass is 16.1. The largest absolute Gasteiger partial charge is 0.368 e. The summed E-state index contributed by atoms with van der Waals surface area (Å²) >= 11 is 0. The van der Waals surface area contributed by atoms with Crippen LogP contribution >= 0.6 is 0 Å². The van der Waals surface area contributed by atoms with E-state index in [1.165, 1.54) is 11.1 Å². The number of carbonyl (C=O) groups is 1. The topological polar surface area (TPSA) is 58.4 Å². The Balaban J connectivity index is 2.92. The number of amides is 1. The Bertz CT molecular complexity index is 455. The van der Waals surface area contributed by atoms with Gasteiger partial charge in [0.25, 0.3) is 0 Å². The van der Waals surface area contributed by atoms with Crippen molar-refractivity contribution >= 4 is 11.6 Å². The predicted molar refractivity (Wildman–Crippen MR) is 84.8 cm³/mol. The van der Waals surface area contributed by atoms with E-state index in [2.05, 4.69) is 58.1 Å². The van der Waals surface area contributed by atoms with Gasteiger partial charge < -0.3 is 16.0 Å². The van der Waals surface area contributed by atoms with Crippen LogP contribution in [0.25, 0.3) is 0 Å². The third-order valence-electron chi connectivity index (χ3n) is 3.23. The van der Waals surface area contributed by atoms with Gasteiger partial charge in [0.15, 0.2) is 0 Å². The lowest BCUT2D eigenvalue weighted by Crippen LogP contribution is -2.39. The first kappa shape index (κ1) is 16.5. The van der Waals surface area contributed by atoms with Gasteiger partial charge in [-0.05, 0) is 38.0 Å². The normalized spacial score (nSPS) is 11.2. The zero-order chi connectivity index (χ0) is 15.3. The zero-order valence-corrected chi connectivity index (χ0v) is 13.2. The molecule has 4 nitrogen and oxygen atoms in total. The predicted octanol–water partition coefficient (Wildman–Crippen LogP) is 2.19. The molecule has 0 aliphatic rings. The average Bonchev–Trinajstić information content (AvgIpc) is 2.33. The van der Waals surface area contributed by atoms with Gasteiger partial charge in [-0.15, -0.1) is 0 Å². The van der Waals surface area contributed by atoms with Crippen LogP contribution in [0.1, 0.15) is 38.8 Å². The first-order chi connectivity index (χ1) is 9.31. The van der Waals surface area contributed by atoms with Crippen LogP contribution in [0.15, 0.2) is 18.2 Å². The van der Waals surface area contributed by atoms with Gasteiger partial charge in [-0.1, -0.05) is 26.0 Å². The van der Waals surface area contributed by atoms with Crippen LogP contribution in [0.2, 0.25) is 0 Å². The van der Waals surface area contributed by atoms with Crippen LogP contribution in [0.3, 0.4) is 0 Å². The molecule has 0 heterocycles. The molecule has 1 rings (SSSR count). The molecule has 1 aromatic rings. The minimum atomic E-state index is -0.302. The van der Waals surface area contributed by atoms with Gasteiger partial charge in [0.05, 0.1) is 6.54 Å². The molecular formula is C16H27N3O. The molecule has 0 spiro atoms. The summed E-state index contributed by atoms with van der Waals surface area (Å²) in [7, 11) is 0. The van der Waals surface area contributed by atoms with Gasteiger partial charge in [-0.25, -0.2) is 0 Å². The van der Waals surface area contributed by atoms with E-state index in [9.17, 15) is 4.79 Å². The van der Waals surface area contributed by atoms with E-state index in [4.69, 9.17) is 5.73 Å². The summed E-state index contributed by atoms with van der Waals surface area (Å²) in [6, 6.07) is 7.06. The first-order valence-electron chi connectivity index (χ1n) is 7.19. The van der Waals surface area contributed by atoms with Crippen LogP contribution in [-0.4, -0.2) is 24.5 Å². The molecular weight excluding hydrogens is 250 g/mol. The molecule has 0 radical (unpaired) electrons. The van der Waals surface area contributed by atoms with Crippen LogP contribution in [-0.2, 0) is 11.3 Å². The fourth-order valence-electron chi connectivity index (χ4n) is 2.19. The highest BCUT2D eigenvalue weighted by Gasteiger charge is 2.15. The number of benzene rings is 1. The number of primary amides is 1. The maximum Gasteiger partial charge on any atom is 0.236 e. The summed E-state index contributed by atoms with van der Waals surface area (Å²) in [4.78, 5) is 13.3. The first-order valence-corrected chi connectivity index (χ1v) is 7.19. The van der Waals surface area contributed by atoms with Crippen molar-refractivity contribution in [3.05, 3.63) is 29.3 Å². The Morgan fingerprint density at radius 1 is 1.30 bits per heavy atom. The van der Waals surface area contributed by atoms with Crippen molar-refractivity contribution in [1.29, 1.82) is 0 Å². The Kier molecular flexibility index (Phi) is 6.02. The van der Waals surface area contributed by atoms with Crippen molar-refractivity contribution in [2.75, 3.05) is 11.4 Å². The van der Waals surface area contributed by atoms with Gasteiger partial charge in [0.1, 0.15) is 0 Å². The number of aryl methyl sites for hydroxylation is 1. The molecule has 1 aromatic carbocycles. The molecule has 4 heteroatoms. The van der Waals surface area contributed by atoms with E-state index in [0.717, 1.165) is 12.2 Å². The molecule has 112 valence electrons. The SMILES string of the molecule is Cc1cc(CNC(C)C)ccc1N(CC(N)=O)C(C)C. The summed E-state index contributed by atoms with van der Waals surface area (Å²) in [5, 5.41) is 3.40. The summed E-state index contributed by atoms with van der Waals surface area (Å²) in [6.45, 7) is 11.6. The number of nitrogens with zero attached hydrogens (tertiary/aromatic N) is 1. The molecule has 0 aliphatic heterocycles. The van der Waals surface area contributed by atoms with Crippen molar-refractivity contribution in [1.82, 2.24) is 5.32 Å². The monoisotopic (exact) mass is 277 g/mol. The highest BCUT2D eigenvalue weighted by Crippen LogP contribution is 2.23. The molecule has 3 N–H and O–H groups in total. The molecule has 0 aromatic heterocycles. The Morgan fingerprint density at radius 2 is 1.95 bits per heavy atom. The fraction of sp³-hybridized carbons (Fsp3) is 0.562. The standard InChI is InChI=1S/C16H27N3O/c1-11(2)18-9-14-6-7-15(13(5)8-14)19(12(3)4)10-16(17)20/h6-8,11-12,18H,9-10H2,1-5H3,(H2,17,20). The van der Waals surface area contributed by atoms with Gasteiger partial charge in [0.2, 0.25) is 5.91 Å². The van der Waals surface area contributed by atoms with Gasteiger partial charge >= 0.3 is 0 Å². The summed E-state index contributed by atoms with van der Waals surface area (Å²) in [5.41, 5.74) is 8.84. The quantitative estimate of drug-likeness (QED) is 0.803. The lowest BCUT2D eigenvalue weighted by molar-refractivity contribution is -0.116. The Morgan fingerprint density at radius 3 is 2.40 bits per heavy atom. The van der Waals surface area contributed by atoms with E-state index >= 15 is 0 Å². The van der Waals surface area contributed by atoms with Crippen molar-refractivity contribution in [2.24, 2.45) is 5.73 Å². The number of nitrogens with one attached hydrogen (secondary N) is 1. The Hall–Kier alpha value is -1.55. The summed E-state index contributed by atoms with van der Waals surface area (Å²) < 4.78 is 0. The molecule has 0 aliphatic carbocycles. The van der Waals surface area contributed by atoms with E-state index in [1.54, 1.807) is 0 Å². The van der Waals surface area contributed by atoms with Crippen LogP contribution in [0, 0.1) is 6.92 Å². The molecule has 0 fully saturated rings. The number of hydrogen-bond acceptors (Lipinski definition) is 3. The molecule has 1 amide bonds. The average molecular weight is 277 g/mol. The van der Waals surface area contributed by atoms with Gasteiger partial charge in [-0.2, -0.15) is 0 Å². The number of rotatable bonds is 7. The second-order valence-corrected chi connectivity index (χ2v) is 5.84. The van der Waals surface area contributed by atoms with Crippen LogP contribution < -0.4 is 16.0 Å². The third-order valence-corrected chi connectivity index (χ3v) is 3.23. The zero-order valence-electron chi connectivity index (χ0n) is 13.2. The molecule has 0 bridgehead atoms. The maximum atomic E-state index is 11.2. The number of anilines is 1. The molecule has 0 saturated heterocycles. The smallest absolute Gasteiger partial charge is 0.236 e. The second kappa shape index (κ2) is 7.29. The van der Waals surface area contributed by atoms with Crippen LogP contribution in [0.4, 0.5) is 5.69 Å². The van der Waals surface area contributed by atoms with E-state index in [1.807, 2.05) is 4.90 Å². The lowest BCUT2D eigenvalue weighted by atomic mass is 10.1. The number of hydrogen-bond donors (Lipinski definition) is 2. The van der Waals surface area contributed by atoms with Crippen molar-refractivity contribution in [2.45, 2.75) is 53.2 Å². The van der Waals surface area contributed by atoms with Gasteiger partial charge in [-0.3, -0.25) is 4.79 Å². The Labute approximate surface area is 122 Å². The van der Waals surface area contributed by atoms with Gasteiger partial charge in [0, 0.05) is 24.3 Å². The highest BCUT2D eigenvalue weighted by molar-refractivity contribution is 5.80. The molecule has 0 saturated carbocycles. The van der Waals surface area contributed by atoms with Crippen molar-refractivity contribution in [3.63, 3.8) is 0 Å². The molecule has 0 unspecified atom stereocenters. The van der Waals surface area contributed by atoms with Crippen molar-refractivity contribution < 1.29 is 4.79 Å². The summed E-state index contributed by atoms with van der Waals surface area (Å²) in [6.07, 6.45) is 0. The van der Waals surface area contributed by atoms with Crippen molar-refractivity contribution in [3.8, 4) is 0 Å². The van der Waals surface area contributed by atoms with E-state index < -0.39 is 0 Å². The lowest BCUT2D eigenvalue weighted by Gasteiger charge is -2.29. The molecule has 0 atom stereocenters. The van der Waals surface area contributed by atoms with E-state index in [0.29, 0.717) is 6.04 Å². The minimum absolute atomic E-state index is 0.237. The minimum Gasteiger partial charge on any atom is -0.368 e. The van der Waals surface area contributed by atoms with E-state index in [-0.39, 0.29) is 18.5 Å².